The number of nitrogens with zero attached hydrogens (tertiary/aromatic N) is 2. The number of benzene rings is 1. The second kappa shape index (κ2) is 6.60. The first-order valence-electron chi connectivity index (χ1n) is 7.91. The molecule has 3 rings (SSSR count). The molecule has 1 aromatic heterocycles. The molecule has 1 aliphatic heterocycles. The minimum Gasteiger partial charge on any atom is -0.340 e. The molecule has 0 radical (unpaired) electrons. The second-order valence-electron chi connectivity index (χ2n) is 5.91. The summed E-state index contributed by atoms with van der Waals surface area (Å²) in [5.74, 6) is -0.146. The van der Waals surface area contributed by atoms with Crippen molar-refractivity contribution in [1.29, 1.82) is 0 Å². The van der Waals surface area contributed by atoms with Crippen LogP contribution in [0.15, 0.2) is 35.8 Å². The highest BCUT2D eigenvalue weighted by Crippen LogP contribution is 2.27. The van der Waals surface area contributed by atoms with Crippen molar-refractivity contribution in [3.8, 4) is 0 Å². The Balaban J connectivity index is 1.74. The van der Waals surface area contributed by atoms with Crippen molar-refractivity contribution >= 4 is 29.0 Å². The highest BCUT2D eigenvalue weighted by atomic mass is 32.1. The Morgan fingerprint density at radius 1 is 1.42 bits per heavy atom. The lowest BCUT2D eigenvalue weighted by Crippen LogP contribution is -2.43. The fourth-order valence-electron chi connectivity index (χ4n) is 2.62. The Kier molecular flexibility index (Phi) is 4.53. The number of rotatable bonds is 5. The topological polar surface area (TPSA) is 74.3 Å². The van der Waals surface area contributed by atoms with Crippen molar-refractivity contribution in [2.45, 2.75) is 25.8 Å². The van der Waals surface area contributed by atoms with E-state index in [0.717, 1.165) is 17.1 Å². The third-order valence-electron chi connectivity index (χ3n) is 4.30. The van der Waals surface area contributed by atoms with Crippen LogP contribution in [0.25, 0.3) is 0 Å². The number of amides is 3. The lowest BCUT2D eigenvalue weighted by atomic mass is 9.99. The summed E-state index contributed by atoms with van der Waals surface area (Å²) in [7, 11) is 0. The van der Waals surface area contributed by atoms with Crippen LogP contribution in [0.3, 0.4) is 0 Å². The van der Waals surface area contributed by atoms with Gasteiger partial charge < -0.3 is 10.6 Å². The summed E-state index contributed by atoms with van der Waals surface area (Å²) in [6, 6.07) is 6.98. The fraction of sp³-hybridized carbons (Fsp3) is 0.353. The zero-order valence-corrected chi connectivity index (χ0v) is 14.5. The number of aromatic nitrogens is 1. The Labute approximate surface area is 144 Å². The molecule has 2 heterocycles. The molecule has 2 N–H and O–H groups in total. The molecule has 0 spiro atoms. The van der Waals surface area contributed by atoms with Crippen molar-refractivity contribution in [3.05, 3.63) is 46.4 Å². The van der Waals surface area contributed by atoms with Crippen LogP contribution in [-0.4, -0.2) is 30.0 Å². The van der Waals surface area contributed by atoms with Gasteiger partial charge in [-0.1, -0.05) is 6.92 Å². The van der Waals surface area contributed by atoms with E-state index in [2.05, 4.69) is 15.6 Å². The molecular weight excluding hydrogens is 324 g/mol. The summed E-state index contributed by atoms with van der Waals surface area (Å²) < 4.78 is 0. The molecule has 3 amide bonds. The van der Waals surface area contributed by atoms with Crippen molar-refractivity contribution in [2.75, 3.05) is 18.0 Å². The van der Waals surface area contributed by atoms with Crippen LogP contribution in [0, 0.1) is 0 Å². The van der Waals surface area contributed by atoms with Crippen molar-refractivity contribution < 1.29 is 9.59 Å². The molecule has 1 fully saturated rings. The van der Waals surface area contributed by atoms with E-state index >= 15 is 0 Å². The van der Waals surface area contributed by atoms with Gasteiger partial charge in [0.2, 0.25) is 0 Å². The Morgan fingerprint density at radius 2 is 2.17 bits per heavy atom. The summed E-state index contributed by atoms with van der Waals surface area (Å²) in [5.41, 5.74) is 0.869. The molecule has 1 aromatic carbocycles. The lowest BCUT2D eigenvalue weighted by molar-refractivity contribution is 0.0902. The predicted molar refractivity (Wildman–Crippen MR) is 94.4 cm³/mol. The summed E-state index contributed by atoms with van der Waals surface area (Å²) in [6.45, 7) is 5.29. The largest absolute Gasteiger partial charge is 0.340 e. The average molecular weight is 344 g/mol. The number of hydrogen-bond acceptors (Lipinski definition) is 4. The van der Waals surface area contributed by atoms with Crippen LogP contribution in [0.5, 0.6) is 0 Å². The normalized spacial score (nSPS) is 16.6. The van der Waals surface area contributed by atoms with E-state index < -0.39 is 5.54 Å². The first-order valence-corrected chi connectivity index (χ1v) is 8.79. The van der Waals surface area contributed by atoms with Crippen molar-refractivity contribution in [1.82, 2.24) is 15.6 Å². The van der Waals surface area contributed by atoms with Crippen molar-refractivity contribution in [3.63, 3.8) is 0 Å². The fourth-order valence-corrected chi connectivity index (χ4v) is 3.45. The Morgan fingerprint density at radius 3 is 2.71 bits per heavy atom. The molecule has 126 valence electrons. The molecule has 1 saturated heterocycles. The van der Waals surface area contributed by atoms with Gasteiger partial charge in [-0.05, 0) is 37.6 Å². The van der Waals surface area contributed by atoms with Gasteiger partial charge in [-0.25, -0.2) is 9.78 Å². The monoisotopic (exact) mass is 344 g/mol. The van der Waals surface area contributed by atoms with Gasteiger partial charge in [0.15, 0.2) is 0 Å². The lowest BCUT2D eigenvalue weighted by Gasteiger charge is -2.27. The van der Waals surface area contributed by atoms with Crippen LogP contribution in [0.1, 0.15) is 35.6 Å². The van der Waals surface area contributed by atoms with Gasteiger partial charge in [0.25, 0.3) is 5.91 Å². The van der Waals surface area contributed by atoms with E-state index in [4.69, 9.17) is 0 Å². The van der Waals surface area contributed by atoms with E-state index in [1.807, 2.05) is 19.2 Å². The first-order chi connectivity index (χ1) is 11.5. The van der Waals surface area contributed by atoms with Gasteiger partial charge in [-0.2, -0.15) is 0 Å². The molecule has 0 saturated carbocycles. The van der Waals surface area contributed by atoms with Gasteiger partial charge in [0.05, 0.1) is 5.54 Å². The standard InChI is InChI=1S/C17H20N4O2S/c1-3-17(2,15-18-9-11-24-15)20-14(22)12-4-6-13(7-5-12)21-10-8-19-16(21)23/h4-7,9,11H,3,8,10H2,1-2H3,(H,19,23)(H,20,22). The average Bonchev–Trinajstić information content (AvgIpc) is 3.26. The molecule has 7 heteroatoms. The number of nitrogens with one attached hydrogen (secondary N) is 2. The maximum Gasteiger partial charge on any atom is 0.321 e. The van der Waals surface area contributed by atoms with E-state index in [1.54, 1.807) is 35.4 Å². The SMILES string of the molecule is CCC(C)(NC(=O)c1ccc(N2CCNC2=O)cc1)c1nccs1. The summed E-state index contributed by atoms with van der Waals surface area (Å²) in [4.78, 5) is 30.3. The molecule has 1 unspecified atom stereocenters. The zero-order chi connectivity index (χ0) is 17.2. The summed E-state index contributed by atoms with van der Waals surface area (Å²) in [5, 5.41) is 8.64. The highest BCUT2D eigenvalue weighted by Gasteiger charge is 2.29. The van der Waals surface area contributed by atoms with Gasteiger partial charge >= 0.3 is 6.03 Å². The Hall–Kier alpha value is -2.41. The third kappa shape index (κ3) is 3.12. The quantitative estimate of drug-likeness (QED) is 0.876. The molecule has 24 heavy (non-hydrogen) atoms. The number of carbonyl (C=O) groups excluding carboxylic acids is 2. The number of anilines is 1. The van der Waals surface area contributed by atoms with E-state index in [0.29, 0.717) is 18.7 Å². The number of urea groups is 1. The first kappa shape index (κ1) is 16.4. The maximum atomic E-state index is 12.6. The minimum absolute atomic E-state index is 0.102. The minimum atomic E-state index is -0.487. The van der Waals surface area contributed by atoms with E-state index in [-0.39, 0.29) is 11.9 Å². The molecule has 2 aromatic rings. The zero-order valence-electron chi connectivity index (χ0n) is 13.7. The maximum absolute atomic E-state index is 12.6. The second-order valence-corrected chi connectivity index (χ2v) is 6.80. The molecular formula is C17H20N4O2S. The van der Waals surface area contributed by atoms with E-state index in [9.17, 15) is 9.59 Å². The Bertz CT molecular complexity index is 730. The van der Waals surface area contributed by atoms with Gasteiger partial charge in [0.1, 0.15) is 5.01 Å². The van der Waals surface area contributed by atoms with Crippen LogP contribution in [0.4, 0.5) is 10.5 Å². The van der Waals surface area contributed by atoms with Crippen LogP contribution in [0.2, 0.25) is 0 Å². The smallest absolute Gasteiger partial charge is 0.321 e. The highest BCUT2D eigenvalue weighted by molar-refractivity contribution is 7.09. The number of thiazole rings is 1. The molecule has 0 bridgehead atoms. The van der Waals surface area contributed by atoms with Gasteiger partial charge in [-0.15, -0.1) is 11.3 Å². The van der Waals surface area contributed by atoms with E-state index in [1.165, 1.54) is 11.3 Å². The van der Waals surface area contributed by atoms with Crippen molar-refractivity contribution in [2.24, 2.45) is 0 Å². The number of carbonyl (C=O) groups is 2. The molecule has 6 nitrogen and oxygen atoms in total. The van der Waals surface area contributed by atoms with Gasteiger partial charge in [0, 0.05) is 35.9 Å². The third-order valence-corrected chi connectivity index (χ3v) is 5.34. The predicted octanol–water partition coefficient (Wildman–Crippen LogP) is 2.73. The molecule has 0 aliphatic carbocycles. The molecule has 1 atom stereocenters. The van der Waals surface area contributed by atoms with Crippen LogP contribution >= 0.6 is 11.3 Å². The van der Waals surface area contributed by atoms with Crippen LogP contribution < -0.4 is 15.5 Å². The van der Waals surface area contributed by atoms with Crippen LogP contribution in [-0.2, 0) is 5.54 Å². The molecule has 1 aliphatic rings. The number of hydrogen-bond donors (Lipinski definition) is 2. The summed E-state index contributed by atoms with van der Waals surface area (Å²) in [6.07, 6.45) is 2.49. The van der Waals surface area contributed by atoms with Gasteiger partial charge in [-0.3, -0.25) is 9.69 Å². The summed E-state index contributed by atoms with van der Waals surface area (Å²) >= 11 is 1.53.